The van der Waals surface area contributed by atoms with E-state index in [1.807, 2.05) is 12.1 Å². The van der Waals surface area contributed by atoms with Gasteiger partial charge in [0.05, 0.1) is 35.1 Å². The number of amides is 1. The number of hydrogen-bond donors (Lipinski definition) is 1. The molecule has 0 saturated heterocycles. The molecule has 0 atom stereocenters. The summed E-state index contributed by atoms with van der Waals surface area (Å²) in [5.41, 5.74) is 5.99. The Morgan fingerprint density at radius 1 is 1.13 bits per heavy atom. The van der Waals surface area contributed by atoms with Crippen LogP contribution in [0.1, 0.15) is 55.3 Å². The number of aromatic nitrogens is 2. The molecule has 2 aromatic carbocycles. The van der Waals surface area contributed by atoms with Crippen molar-refractivity contribution in [2.75, 3.05) is 0 Å². The Bertz CT molecular complexity index is 1130. The van der Waals surface area contributed by atoms with Gasteiger partial charge in [-0.25, -0.2) is 9.07 Å². The fourth-order valence-corrected chi connectivity index (χ4v) is 4.10. The Morgan fingerprint density at radius 2 is 1.90 bits per heavy atom. The third kappa shape index (κ3) is 4.82. The zero-order chi connectivity index (χ0) is 22.2. The minimum atomic E-state index is -0.474. The fourth-order valence-electron chi connectivity index (χ4n) is 3.92. The lowest BCUT2D eigenvalue weighted by molar-refractivity contribution is -0.120. The first kappa shape index (κ1) is 21.6. The van der Waals surface area contributed by atoms with Crippen molar-refractivity contribution in [2.24, 2.45) is 0 Å². The van der Waals surface area contributed by atoms with Gasteiger partial charge in [0.1, 0.15) is 5.82 Å². The van der Waals surface area contributed by atoms with E-state index in [4.69, 9.17) is 16.7 Å². The lowest BCUT2D eigenvalue weighted by Crippen LogP contribution is -2.25. The monoisotopic (exact) mass is 439 g/mol. The van der Waals surface area contributed by atoms with E-state index >= 15 is 0 Å². The van der Waals surface area contributed by atoms with E-state index in [0.717, 1.165) is 29.8 Å². The van der Waals surface area contributed by atoms with Gasteiger partial charge in [-0.1, -0.05) is 50.6 Å². The second kappa shape index (κ2) is 8.46. The molecule has 6 heteroatoms. The molecule has 1 aromatic heterocycles. The van der Waals surface area contributed by atoms with Crippen molar-refractivity contribution >= 4 is 17.5 Å². The van der Waals surface area contributed by atoms with Crippen LogP contribution in [0.25, 0.3) is 5.69 Å². The largest absolute Gasteiger partial charge is 0.350 e. The summed E-state index contributed by atoms with van der Waals surface area (Å²) in [4.78, 5) is 12.6. The van der Waals surface area contributed by atoms with Crippen LogP contribution in [0, 0.1) is 5.82 Å². The Kier molecular flexibility index (Phi) is 5.89. The first-order valence-electron chi connectivity index (χ1n) is 10.6. The Morgan fingerprint density at radius 3 is 2.65 bits per heavy atom. The number of carbonyl (C=O) groups excluding carboxylic acids is 1. The Balaban J connectivity index is 1.52. The predicted molar refractivity (Wildman–Crippen MR) is 121 cm³/mol. The predicted octanol–water partition coefficient (Wildman–Crippen LogP) is 5.31. The van der Waals surface area contributed by atoms with Gasteiger partial charge < -0.3 is 5.32 Å². The maximum Gasteiger partial charge on any atom is 0.224 e. The molecule has 3 aromatic rings. The molecule has 31 heavy (non-hydrogen) atoms. The van der Waals surface area contributed by atoms with E-state index < -0.39 is 5.82 Å². The zero-order valence-electron chi connectivity index (χ0n) is 18.1. The molecule has 4 rings (SSSR count). The van der Waals surface area contributed by atoms with E-state index in [1.165, 1.54) is 23.6 Å². The summed E-state index contributed by atoms with van der Waals surface area (Å²) in [7, 11) is 0. The molecule has 0 radical (unpaired) electrons. The lowest BCUT2D eigenvalue weighted by atomic mass is 9.92. The number of halogens is 2. The number of benzene rings is 2. The van der Waals surface area contributed by atoms with Gasteiger partial charge >= 0.3 is 0 Å². The molecule has 1 amide bonds. The zero-order valence-corrected chi connectivity index (χ0v) is 18.9. The van der Waals surface area contributed by atoms with Crippen molar-refractivity contribution in [3.63, 3.8) is 0 Å². The van der Waals surface area contributed by atoms with E-state index in [9.17, 15) is 9.18 Å². The number of nitrogens with one attached hydrogen (secondary N) is 1. The van der Waals surface area contributed by atoms with Crippen molar-refractivity contribution in [3.8, 4) is 5.69 Å². The molecule has 4 nitrogen and oxygen atoms in total. The third-order valence-electron chi connectivity index (χ3n) is 5.69. The van der Waals surface area contributed by atoms with Gasteiger partial charge in [0.25, 0.3) is 0 Å². The SMILES string of the molecule is CC(C)(C)c1cc(CNC(=O)Cc2ccc3c(c2)CCC3)n(-c2ccc(F)c(Cl)c2)n1. The number of nitrogens with zero attached hydrogens (tertiary/aromatic N) is 2. The fraction of sp³-hybridized carbons (Fsp3) is 0.360. The molecule has 0 saturated carbocycles. The maximum atomic E-state index is 13.6. The number of hydrogen-bond acceptors (Lipinski definition) is 2. The van der Waals surface area contributed by atoms with Gasteiger partial charge in [-0.05, 0) is 60.2 Å². The van der Waals surface area contributed by atoms with Gasteiger partial charge in [-0.3, -0.25) is 4.79 Å². The second-order valence-corrected chi connectivity index (χ2v) is 9.60. The highest BCUT2D eigenvalue weighted by Gasteiger charge is 2.21. The first-order chi connectivity index (χ1) is 14.7. The van der Waals surface area contributed by atoms with E-state index in [0.29, 0.717) is 18.7 Å². The topological polar surface area (TPSA) is 46.9 Å². The highest BCUT2D eigenvalue weighted by Crippen LogP contribution is 2.26. The van der Waals surface area contributed by atoms with Crippen LogP contribution in [-0.2, 0) is 36.0 Å². The van der Waals surface area contributed by atoms with Crippen LogP contribution >= 0.6 is 11.6 Å². The van der Waals surface area contributed by atoms with Crippen molar-refractivity contribution in [2.45, 2.75) is 58.4 Å². The quantitative estimate of drug-likeness (QED) is 0.585. The smallest absolute Gasteiger partial charge is 0.224 e. The highest BCUT2D eigenvalue weighted by molar-refractivity contribution is 6.30. The van der Waals surface area contributed by atoms with Crippen LogP contribution in [0.5, 0.6) is 0 Å². The molecular weight excluding hydrogens is 413 g/mol. The minimum absolute atomic E-state index is 0.0388. The lowest BCUT2D eigenvalue weighted by Gasteiger charge is -2.14. The van der Waals surface area contributed by atoms with Gasteiger partial charge in [-0.2, -0.15) is 5.10 Å². The van der Waals surface area contributed by atoms with Crippen LogP contribution in [0.15, 0.2) is 42.5 Å². The normalized spacial score (nSPS) is 13.3. The van der Waals surface area contributed by atoms with Crippen LogP contribution in [-0.4, -0.2) is 15.7 Å². The van der Waals surface area contributed by atoms with Gasteiger partial charge in [0.15, 0.2) is 0 Å². The van der Waals surface area contributed by atoms with Crippen molar-refractivity contribution in [1.29, 1.82) is 0 Å². The van der Waals surface area contributed by atoms with E-state index in [1.54, 1.807) is 16.8 Å². The van der Waals surface area contributed by atoms with E-state index in [-0.39, 0.29) is 16.3 Å². The molecule has 1 aliphatic carbocycles. The van der Waals surface area contributed by atoms with Crippen LogP contribution in [0.2, 0.25) is 5.02 Å². The molecule has 1 aliphatic rings. The molecule has 162 valence electrons. The second-order valence-electron chi connectivity index (χ2n) is 9.19. The van der Waals surface area contributed by atoms with E-state index in [2.05, 4.69) is 38.2 Å². The highest BCUT2D eigenvalue weighted by atomic mass is 35.5. The third-order valence-corrected chi connectivity index (χ3v) is 5.98. The maximum absolute atomic E-state index is 13.6. The van der Waals surface area contributed by atoms with Crippen LogP contribution < -0.4 is 5.32 Å². The van der Waals surface area contributed by atoms with Gasteiger partial charge in [0.2, 0.25) is 5.91 Å². The molecule has 0 unspecified atom stereocenters. The standard InChI is InChI=1S/C25H27ClFN3O/c1-25(2,3)23-14-20(30(29-23)19-9-10-22(27)21(26)13-19)15-28-24(31)12-16-7-8-17-5-4-6-18(17)11-16/h7-11,13-14H,4-6,12,15H2,1-3H3,(H,28,31). The summed E-state index contributed by atoms with van der Waals surface area (Å²) >= 11 is 5.98. The molecule has 0 aliphatic heterocycles. The van der Waals surface area contributed by atoms with Crippen LogP contribution in [0.3, 0.4) is 0 Å². The van der Waals surface area contributed by atoms with Crippen molar-refractivity contribution in [1.82, 2.24) is 15.1 Å². The average Bonchev–Trinajstić information content (AvgIpc) is 3.35. The average molecular weight is 440 g/mol. The summed E-state index contributed by atoms with van der Waals surface area (Å²) in [6, 6.07) is 12.8. The van der Waals surface area contributed by atoms with Crippen molar-refractivity contribution in [3.05, 3.63) is 81.4 Å². The molecule has 0 bridgehead atoms. The Hall–Kier alpha value is -2.66. The number of carbonyl (C=O) groups is 1. The summed E-state index contributed by atoms with van der Waals surface area (Å²) in [5, 5.41) is 7.76. The summed E-state index contributed by atoms with van der Waals surface area (Å²) in [6.07, 6.45) is 3.77. The van der Waals surface area contributed by atoms with Crippen LogP contribution in [0.4, 0.5) is 4.39 Å². The molecule has 1 heterocycles. The molecule has 1 N–H and O–H groups in total. The summed E-state index contributed by atoms with van der Waals surface area (Å²) in [6.45, 7) is 6.55. The summed E-state index contributed by atoms with van der Waals surface area (Å²) < 4.78 is 15.4. The molecule has 0 spiro atoms. The molecular formula is C25H27ClFN3O. The minimum Gasteiger partial charge on any atom is -0.350 e. The number of fused-ring (bicyclic) bond motifs is 1. The van der Waals surface area contributed by atoms with Gasteiger partial charge in [-0.15, -0.1) is 0 Å². The van der Waals surface area contributed by atoms with Crippen molar-refractivity contribution < 1.29 is 9.18 Å². The number of rotatable bonds is 5. The molecule has 0 fully saturated rings. The van der Waals surface area contributed by atoms with Gasteiger partial charge in [0, 0.05) is 5.41 Å². The number of aryl methyl sites for hydroxylation is 2. The summed E-state index contributed by atoms with van der Waals surface area (Å²) in [5.74, 6) is -0.516. The first-order valence-corrected chi connectivity index (χ1v) is 11.0. The Labute approximate surface area is 187 Å².